The van der Waals surface area contributed by atoms with Crippen molar-refractivity contribution in [3.63, 3.8) is 0 Å². The maximum absolute atomic E-state index is 12.8. The molecule has 0 radical (unpaired) electrons. The van der Waals surface area contributed by atoms with Gasteiger partial charge in [0.05, 0.1) is 16.6 Å². The lowest BCUT2D eigenvalue weighted by atomic mass is 10.1. The van der Waals surface area contributed by atoms with Crippen molar-refractivity contribution < 1.29 is 18.2 Å². The maximum Gasteiger partial charge on any atom is 0.519 e. The highest BCUT2D eigenvalue weighted by molar-refractivity contribution is 6.54. The lowest BCUT2D eigenvalue weighted by Crippen LogP contribution is -2.34. The number of aromatic nitrogens is 1. The summed E-state index contributed by atoms with van der Waals surface area (Å²) in [7, 11) is 0. The lowest BCUT2D eigenvalue weighted by Gasteiger charge is -2.22. The van der Waals surface area contributed by atoms with E-state index in [1.807, 2.05) is 0 Å². The second-order valence-electron chi connectivity index (χ2n) is 7.10. The number of hydrogen-bond donors (Lipinski definition) is 0. The highest BCUT2D eigenvalue weighted by atomic mass is 35.5. The van der Waals surface area contributed by atoms with Gasteiger partial charge < -0.3 is 18.3 Å². The number of hydrogen-bond acceptors (Lipinski definition) is 6. The fourth-order valence-corrected chi connectivity index (χ4v) is 4.21. The molecule has 2 heterocycles. The summed E-state index contributed by atoms with van der Waals surface area (Å²) in [6.07, 6.45) is 0.403. The van der Waals surface area contributed by atoms with E-state index in [2.05, 4.69) is 5.16 Å². The minimum Gasteiger partial charge on any atom is -0.396 e. The quantitative estimate of drug-likeness (QED) is 0.240. The predicted octanol–water partition coefficient (Wildman–Crippen LogP) is 6.76. The molecular formula is C23H16Cl4N2O5. The van der Waals surface area contributed by atoms with Crippen LogP contribution in [0, 0.1) is 0 Å². The van der Waals surface area contributed by atoms with Crippen LogP contribution in [0.15, 0.2) is 66.7 Å². The lowest BCUT2D eigenvalue weighted by molar-refractivity contribution is -0.117. The van der Waals surface area contributed by atoms with Gasteiger partial charge in [-0.05, 0) is 24.3 Å². The first kappa shape index (κ1) is 24.4. The Morgan fingerprint density at radius 3 is 2.38 bits per heavy atom. The van der Waals surface area contributed by atoms with Crippen LogP contribution in [0.4, 0.5) is 5.69 Å². The summed E-state index contributed by atoms with van der Waals surface area (Å²) in [4.78, 5) is 24.3. The molecule has 0 fully saturated rings. The molecule has 1 amide bonds. The van der Waals surface area contributed by atoms with E-state index in [9.17, 15) is 9.59 Å². The van der Waals surface area contributed by atoms with Crippen molar-refractivity contribution in [1.29, 1.82) is 0 Å². The zero-order chi connectivity index (χ0) is 24.4. The Morgan fingerprint density at radius 1 is 1.03 bits per heavy atom. The third kappa shape index (κ3) is 5.03. The Kier molecular flexibility index (Phi) is 7.38. The van der Waals surface area contributed by atoms with Crippen molar-refractivity contribution >= 4 is 58.0 Å². The van der Waals surface area contributed by atoms with Gasteiger partial charge in [0.25, 0.3) is 5.91 Å². The standard InChI is InChI=1S/C23H16Cl4N2O5/c1-2-17-19(33-23(31)32-17)11-29(22(30)21(26)27)13-6-3-5-12(9-13)18-10-16(28-34-18)20-14(24)7-4-8-15(20)25/h3-10,21H,2,11H2,1H3. The summed E-state index contributed by atoms with van der Waals surface area (Å²) in [6.45, 7) is 1.69. The van der Waals surface area contributed by atoms with Crippen LogP contribution in [0.2, 0.25) is 10.0 Å². The zero-order valence-electron chi connectivity index (χ0n) is 17.6. The molecule has 2 aromatic heterocycles. The summed E-state index contributed by atoms with van der Waals surface area (Å²) in [5, 5.41) is 4.95. The first-order valence-electron chi connectivity index (χ1n) is 10.0. The fraction of sp³-hybridized carbons (Fsp3) is 0.174. The van der Waals surface area contributed by atoms with Gasteiger partial charge in [-0.2, -0.15) is 0 Å². The molecule has 0 aliphatic heterocycles. The van der Waals surface area contributed by atoms with Crippen molar-refractivity contribution in [2.75, 3.05) is 4.90 Å². The highest BCUT2D eigenvalue weighted by Crippen LogP contribution is 2.36. The van der Waals surface area contributed by atoms with Crippen molar-refractivity contribution in [2.24, 2.45) is 0 Å². The molecule has 34 heavy (non-hydrogen) atoms. The number of halogens is 4. The van der Waals surface area contributed by atoms with E-state index in [4.69, 9.17) is 59.8 Å². The molecule has 11 heteroatoms. The molecule has 0 atom stereocenters. The number of carbonyl (C=O) groups excluding carboxylic acids is 1. The van der Waals surface area contributed by atoms with E-state index < -0.39 is 16.6 Å². The van der Waals surface area contributed by atoms with E-state index in [1.165, 1.54) is 4.90 Å². The average molecular weight is 542 g/mol. The van der Waals surface area contributed by atoms with Crippen LogP contribution < -0.4 is 10.7 Å². The fourth-order valence-electron chi connectivity index (χ4n) is 3.38. The Hall–Kier alpha value is -2.71. The van der Waals surface area contributed by atoms with Crippen LogP contribution in [0.3, 0.4) is 0 Å². The van der Waals surface area contributed by atoms with Crippen LogP contribution in [-0.4, -0.2) is 15.9 Å². The SMILES string of the molecule is CCc1oc(=O)oc1CN(C(=O)C(Cl)Cl)c1cccc(-c2cc(-c3c(Cl)cccc3Cl)no2)c1. The molecule has 0 saturated heterocycles. The number of anilines is 1. The molecular weight excluding hydrogens is 526 g/mol. The second-order valence-corrected chi connectivity index (χ2v) is 9.01. The van der Waals surface area contributed by atoms with Crippen LogP contribution in [-0.2, 0) is 17.8 Å². The molecule has 4 aromatic rings. The highest BCUT2D eigenvalue weighted by Gasteiger charge is 2.26. The van der Waals surface area contributed by atoms with E-state index >= 15 is 0 Å². The number of benzene rings is 2. The van der Waals surface area contributed by atoms with Gasteiger partial charge in [0.1, 0.15) is 5.69 Å². The van der Waals surface area contributed by atoms with Crippen LogP contribution in [0.1, 0.15) is 18.4 Å². The molecule has 0 unspecified atom stereocenters. The number of alkyl halides is 2. The summed E-state index contributed by atoms with van der Waals surface area (Å²) >= 11 is 24.3. The minimum atomic E-state index is -1.34. The molecule has 0 spiro atoms. The number of nitrogens with zero attached hydrogens (tertiary/aromatic N) is 2. The number of carbonyl (C=O) groups is 1. The van der Waals surface area contributed by atoms with E-state index in [0.29, 0.717) is 50.5 Å². The molecule has 2 aromatic carbocycles. The molecule has 0 aliphatic carbocycles. The molecule has 0 bridgehead atoms. The van der Waals surface area contributed by atoms with Gasteiger partial charge >= 0.3 is 5.82 Å². The van der Waals surface area contributed by atoms with E-state index in [0.717, 1.165) is 0 Å². The molecule has 7 nitrogen and oxygen atoms in total. The molecule has 4 rings (SSSR count). The van der Waals surface area contributed by atoms with Gasteiger partial charge in [0.15, 0.2) is 22.1 Å². The Labute approximate surface area is 213 Å². The topological polar surface area (TPSA) is 89.7 Å². The minimum absolute atomic E-state index is 0.107. The normalized spacial score (nSPS) is 11.2. The van der Waals surface area contributed by atoms with Crippen molar-refractivity contribution in [2.45, 2.75) is 24.7 Å². The van der Waals surface area contributed by atoms with Gasteiger partial charge in [-0.15, -0.1) is 0 Å². The summed E-state index contributed by atoms with van der Waals surface area (Å²) in [5.41, 5.74) is 2.05. The molecule has 176 valence electrons. The smallest absolute Gasteiger partial charge is 0.396 e. The van der Waals surface area contributed by atoms with Gasteiger partial charge in [-0.1, -0.05) is 76.7 Å². The van der Waals surface area contributed by atoms with Gasteiger partial charge in [0, 0.05) is 29.3 Å². The Balaban J connectivity index is 1.71. The Morgan fingerprint density at radius 2 is 1.71 bits per heavy atom. The number of rotatable bonds is 7. The zero-order valence-corrected chi connectivity index (χ0v) is 20.6. The largest absolute Gasteiger partial charge is 0.519 e. The third-order valence-corrected chi connectivity index (χ3v) is 5.97. The average Bonchev–Trinajstić information content (AvgIpc) is 3.43. The van der Waals surface area contributed by atoms with Gasteiger partial charge in [-0.3, -0.25) is 4.79 Å². The van der Waals surface area contributed by atoms with Crippen molar-refractivity contribution in [3.8, 4) is 22.6 Å². The molecule has 0 N–H and O–H groups in total. The Bertz CT molecular complexity index is 1370. The van der Waals surface area contributed by atoms with Crippen molar-refractivity contribution in [1.82, 2.24) is 5.16 Å². The van der Waals surface area contributed by atoms with Crippen LogP contribution in [0.25, 0.3) is 22.6 Å². The monoisotopic (exact) mass is 540 g/mol. The van der Waals surface area contributed by atoms with Crippen LogP contribution in [0.5, 0.6) is 0 Å². The van der Waals surface area contributed by atoms with Gasteiger partial charge in [-0.25, -0.2) is 4.79 Å². The molecule has 0 saturated carbocycles. The third-order valence-electron chi connectivity index (χ3n) is 4.97. The summed E-state index contributed by atoms with van der Waals surface area (Å²) in [5.74, 6) is -0.509. The molecule has 0 aliphatic rings. The van der Waals surface area contributed by atoms with E-state index in [1.54, 1.807) is 55.5 Å². The van der Waals surface area contributed by atoms with Gasteiger partial charge in [0.2, 0.25) is 0 Å². The maximum atomic E-state index is 12.8. The first-order chi connectivity index (χ1) is 16.3. The number of amides is 1. The van der Waals surface area contributed by atoms with E-state index in [-0.39, 0.29) is 12.3 Å². The summed E-state index contributed by atoms with van der Waals surface area (Å²) in [6, 6.07) is 13.7. The second kappa shape index (κ2) is 10.3. The van der Waals surface area contributed by atoms with Crippen molar-refractivity contribution in [3.05, 3.63) is 80.7 Å². The predicted molar refractivity (Wildman–Crippen MR) is 131 cm³/mol. The van der Waals surface area contributed by atoms with Crippen LogP contribution >= 0.6 is 46.4 Å². The summed E-state index contributed by atoms with van der Waals surface area (Å²) < 4.78 is 15.7. The first-order valence-corrected chi connectivity index (χ1v) is 11.6. The number of aryl methyl sites for hydroxylation is 1.